The molecule has 0 amide bonds. The molecule has 1 fully saturated rings. The third kappa shape index (κ3) is 4.76. The second-order valence-electron chi connectivity index (χ2n) is 10.7. The lowest BCUT2D eigenvalue weighted by atomic mass is 9.87. The molecular formula is C35H35NOS. The minimum Gasteiger partial charge on any atom is -0.461 e. The van der Waals surface area contributed by atoms with E-state index in [0.717, 1.165) is 42.2 Å². The normalized spacial score (nSPS) is 27.9. The third-order valence-corrected chi connectivity index (χ3v) is 9.32. The van der Waals surface area contributed by atoms with Gasteiger partial charge in [-0.2, -0.15) is 0 Å². The predicted octanol–water partition coefficient (Wildman–Crippen LogP) is 9.11. The lowest BCUT2D eigenvalue weighted by Gasteiger charge is -2.38. The van der Waals surface area contributed by atoms with E-state index in [1.165, 1.54) is 40.1 Å². The number of thioether (sulfide) groups is 1. The number of hydrogen-bond acceptors (Lipinski definition) is 3. The van der Waals surface area contributed by atoms with Crippen molar-refractivity contribution in [3.63, 3.8) is 0 Å². The van der Waals surface area contributed by atoms with Crippen LogP contribution < -0.4 is 4.74 Å². The number of hydrogen-bond donors (Lipinski definition) is 0. The van der Waals surface area contributed by atoms with Crippen LogP contribution in [0, 0.1) is 12.8 Å². The van der Waals surface area contributed by atoms with Crippen molar-refractivity contribution in [3.8, 4) is 5.75 Å². The number of benzene rings is 1. The highest BCUT2D eigenvalue weighted by molar-refractivity contribution is 8.04. The lowest BCUT2D eigenvalue weighted by molar-refractivity contribution is 0.320. The fraction of sp³-hybridized carbons (Fsp3) is 0.257. The Hall–Kier alpha value is -3.43. The quantitative estimate of drug-likeness (QED) is 0.395. The van der Waals surface area contributed by atoms with E-state index in [2.05, 4.69) is 123 Å². The lowest BCUT2D eigenvalue weighted by Crippen LogP contribution is -2.30. The van der Waals surface area contributed by atoms with Crippen molar-refractivity contribution in [1.82, 2.24) is 4.90 Å². The Morgan fingerprint density at radius 1 is 1.08 bits per heavy atom. The van der Waals surface area contributed by atoms with Crippen LogP contribution in [0.1, 0.15) is 43.7 Å². The molecule has 1 saturated heterocycles. The van der Waals surface area contributed by atoms with Gasteiger partial charge in [-0.1, -0.05) is 85.5 Å². The van der Waals surface area contributed by atoms with Gasteiger partial charge in [-0.15, -0.1) is 11.8 Å². The Morgan fingerprint density at radius 2 is 2.00 bits per heavy atom. The molecule has 0 N–H and O–H groups in total. The number of likely N-dealkylation sites (tertiary alicyclic amines) is 1. The van der Waals surface area contributed by atoms with Gasteiger partial charge in [0.25, 0.3) is 0 Å². The molecule has 0 aromatic heterocycles. The molecule has 2 heterocycles. The minimum absolute atomic E-state index is 0.321. The van der Waals surface area contributed by atoms with Crippen LogP contribution in [0.25, 0.3) is 0 Å². The van der Waals surface area contributed by atoms with Crippen molar-refractivity contribution >= 4 is 11.8 Å². The molecule has 2 unspecified atom stereocenters. The van der Waals surface area contributed by atoms with Crippen LogP contribution in [-0.2, 0) is 4.75 Å². The molecule has 1 aromatic rings. The van der Waals surface area contributed by atoms with Crippen LogP contribution in [0.15, 0.2) is 137 Å². The van der Waals surface area contributed by atoms with Crippen LogP contribution in [0.5, 0.6) is 5.75 Å². The highest BCUT2D eigenvalue weighted by Crippen LogP contribution is 2.55. The number of fused-ring (bicyclic) bond motifs is 3. The molecule has 2 nitrogen and oxygen atoms in total. The van der Waals surface area contributed by atoms with E-state index in [0.29, 0.717) is 5.92 Å². The van der Waals surface area contributed by atoms with E-state index >= 15 is 0 Å². The number of allylic oxidation sites excluding steroid dienone is 15. The van der Waals surface area contributed by atoms with Gasteiger partial charge in [0.2, 0.25) is 0 Å². The first kappa shape index (κ1) is 24.9. The van der Waals surface area contributed by atoms with E-state index in [-0.39, 0.29) is 4.75 Å². The Bertz CT molecular complexity index is 1440. The van der Waals surface area contributed by atoms with E-state index in [1.807, 2.05) is 11.8 Å². The average Bonchev–Trinajstić information content (AvgIpc) is 3.29. The summed E-state index contributed by atoms with van der Waals surface area (Å²) >= 11 is 1.84. The van der Waals surface area contributed by atoms with Crippen molar-refractivity contribution in [1.29, 1.82) is 0 Å². The molecule has 192 valence electrons. The standard InChI is InChI=1S/C35H35NOS/c1-25-15-18-32-34(23-25)37-33-20-17-29(36-22-21-27-11-7-6-10-14-30(36)24-27)16-19-31(33)35(32,3)38-26(2)28-12-8-4-5-9-13-28/h4,6-19,23,27H,2,5,20-22,24H2,1,3H3/b10-6-,11-7?,30-14+. The van der Waals surface area contributed by atoms with Gasteiger partial charge in [-0.25, -0.2) is 0 Å². The molecule has 38 heavy (non-hydrogen) atoms. The van der Waals surface area contributed by atoms with Crippen LogP contribution in [-0.4, -0.2) is 11.4 Å². The molecule has 3 heteroatoms. The Kier molecular flexibility index (Phi) is 6.80. The highest BCUT2D eigenvalue weighted by atomic mass is 32.2. The maximum Gasteiger partial charge on any atom is 0.132 e. The molecule has 2 atom stereocenters. The molecule has 0 saturated carbocycles. The zero-order valence-corrected chi connectivity index (χ0v) is 23.1. The number of ether oxygens (including phenoxy) is 1. The molecule has 0 spiro atoms. The summed E-state index contributed by atoms with van der Waals surface area (Å²) in [5, 5.41) is 0. The molecule has 5 aliphatic rings. The van der Waals surface area contributed by atoms with Crippen molar-refractivity contribution in [2.75, 3.05) is 6.54 Å². The first-order chi connectivity index (χ1) is 18.5. The molecular weight excluding hydrogens is 482 g/mol. The van der Waals surface area contributed by atoms with Crippen molar-refractivity contribution < 1.29 is 4.74 Å². The van der Waals surface area contributed by atoms with Crippen LogP contribution in [0.2, 0.25) is 0 Å². The number of aryl methyl sites for hydroxylation is 1. The number of piperidine rings is 1. The average molecular weight is 518 g/mol. The fourth-order valence-corrected chi connectivity index (χ4v) is 7.23. The van der Waals surface area contributed by atoms with E-state index in [9.17, 15) is 0 Å². The summed E-state index contributed by atoms with van der Waals surface area (Å²) in [6.45, 7) is 10.0. The first-order valence-electron chi connectivity index (χ1n) is 13.7. The predicted molar refractivity (Wildman–Crippen MR) is 162 cm³/mol. The van der Waals surface area contributed by atoms with Gasteiger partial charge in [-0.05, 0) is 68.4 Å². The zero-order chi connectivity index (χ0) is 26.1. The van der Waals surface area contributed by atoms with Crippen molar-refractivity contribution in [3.05, 3.63) is 148 Å². The smallest absolute Gasteiger partial charge is 0.132 e. The van der Waals surface area contributed by atoms with Crippen molar-refractivity contribution in [2.24, 2.45) is 5.92 Å². The Morgan fingerprint density at radius 3 is 2.92 bits per heavy atom. The van der Waals surface area contributed by atoms with Gasteiger partial charge in [-0.3, -0.25) is 0 Å². The zero-order valence-electron chi connectivity index (χ0n) is 22.3. The van der Waals surface area contributed by atoms with Crippen LogP contribution in [0.3, 0.4) is 0 Å². The van der Waals surface area contributed by atoms with Crippen LogP contribution >= 0.6 is 11.8 Å². The second kappa shape index (κ2) is 10.4. The van der Waals surface area contributed by atoms with E-state index in [1.54, 1.807) is 0 Å². The van der Waals surface area contributed by atoms with Crippen molar-refractivity contribution in [2.45, 2.75) is 44.3 Å². The Labute approximate surface area is 231 Å². The van der Waals surface area contributed by atoms with Gasteiger partial charge in [0.1, 0.15) is 11.5 Å². The molecule has 1 aromatic carbocycles. The van der Waals surface area contributed by atoms with Gasteiger partial charge >= 0.3 is 0 Å². The first-order valence-corrected chi connectivity index (χ1v) is 14.5. The molecule has 6 rings (SSSR count). The fourth-order valence-electron chi connectivity index (χ4n) is 5.91. The second-order valence-corrected chi connectivity index (χ2v) is 12.2. The summed E-state index contributed by atoms with van der Waals surface area (Å²) < 4.78 is 6.32. The van der Waals surface area contributed by atoms with E-state index in [4.69, 9.17) is 4.74 Å². The maximum absolute atomic E-state index is 6.64. The number of rotatable bonds is 4. The van der Waals surface area contributed by atoms with Gasteiger partial charge in [0, 0.05) is 40.4 Å². The van der Waals surface area contributed by atoms with Gasteiger partial charge in [0.05, 0.1) is 4.75 Å². The van der Waals surface area contributed by atoms with Gasteiger partial charge in [0.15, 0.2) is 0 Å². The summed E-state index contributed by atoms with van der Waals surface area (Å²) in [5.74, 6) is 2.62. The summed E-state index contributed by atoms with van der Waals surface area (Å²) in [6.07, 6.45) is 33.0. The molecule has 3 aliphatic carbocycles. The van der Waals surface area contributed by atoms with E-state index < -0.39 is 0 Å². The SMILES string of the molecule is C=C(SC1(C)C2=C(CC=C(N3CCC4C=C/C=C\C=C\3C4)C=C2)Oc2cc(C)ccc21)C1=CC=CCC=C1. The monoisotopic (exact) mass is 517 g/mol. The largest absolute Gasteiger partial charge is 0.461 e. The Balaban J connectivity index is 1.36. The summed E-state index contributed by atoms with van der Waals surface area (Å²) in [4.78, 5) is 3.58. The summed E-state index contributed by atoms with van der Waals surface area (Å²) in [6, 6.07) is 6.61. The van der Waals surface area contributed by atoms with Crippen LogP contribution in [0.4, 0.5) is 0 Å². The topological polar surface area (TPSA) is 12.5 Å². The third-order valence-electron chi connectivity index (χ3n) is 7.99. The summed E-state index contributed by atoms with van der Waals surface area (Å²) in [5.41, 5.74) is 7.46. The molecule has 2 aliphatic heterocycles. The minimum atomic E-state index is -0.321. The highest BCUT2D eigenvalue weighted by Gasteiger charge is 2.41. The maximum atomic E-state index is 6.64. The summed E-state index contributed by atoms with van der Waals surface area (Å²) in [7, 11) is 0. The molecule has 0 radical (unpaired) electrons. The number of nitrogens with zero attached hydrogens (tertiary/aromatic N) is 1. The molecule has 2 bridgehead atoms. The van der Waals surface area contributed by atoms with Gasteiger partial charge < -0.3 is 9.64 Å².